The number of hydrogen-bond donors (Lipinski definition) is 0. The molecular weight excluding hydrogens is 707 g/mol. The van der Waals surface area contributed by atoms with Gasteiger partial charge in [-0.05, 0) is 96.1 Å². The fourth-order valence-electron chi connectivity index (χ4n) is 8.60. The van der Waals surface area contributed by atoms with E-state index < -0.39 is 0 Å². The Labute approximate surface area is 336 Å². The number of anilines is 6. The molecule has 0 amide bonds. The number of nitrogens with zero attached hydrogens (tertiary/aromatic N) is 3. The minimum absolute atomic E-state index is 0.851. The number of benzene rings is 9. The molecule has 11 aromatic rings. The van der Waals surface area contributed by atoms with Gasteiger partial charge in [0.15, 0.2) is 0 Å². The second kappa shape index (κ2) is 14.0. The maximum absolute atomic E-state index is 6.48. The monoisotopic (exact) mass is 743 g/mol. The van der Waals surface area contributed by atoms with E-state index in [1.165, 1.54) is 21.9 Å². The average Bonchev–Trinajstić information content (AvgIpc) is 3.85. The fourth-order valence-corrected chi connectivity index (χ4v) is 8.60. The molecule has 2 heterocycles. The molecule has 0 atom stereocenters. The minimum atomic E-state index is 0.851. The first-order valence-electron chi connectivity index (χ1n) is 19.7. The molecule has 0 bridgehead atoms. The second-order valence-corrected chi connectivity index (χ2v) is 14.6. The van der Waals surface area contributed by atoms with E-state index >= 15 is 0 Å². The highest BCUT2D eigenvalue weighted by molar-refractivity contribution is 6.19. The summed E-state index contributed by atoms with van der Waals surface area (Å²) in [5.74, 6) is 0. The number of fused-ring (bicyclic) bond motifs is 6. The number of furan rings is 1. The molecule has 0 aliphatic carbocycles. The standard InChI is InChI=1S/C54H37N3O/c1-5-18-38(19-6-1)39-32-34-43(35-33-39)57-47-28-15-13-26-45(47)53-49(55(40-20-7-2-8-21-40)41-22-9-3-10-23-41)36-44(37-50(53)57)56(42-24-11-4-12-25-42)48-29-17-31-52-54(48)46-27-14-16-30-51(46)58-52/h1-37H. The minimum Gasteiger partial charge on any atom is -0.456 e. The summed E-state index contributed by atoms with van der Waals surface area (Å²) < 4.78 is 8.91. The molecule has 0 unspecified atom stereocenters. The molecule has 0 saturated heterocycles. The lowest BCUT2D eigenvalue weighted by molar-refractivity contribution is 0.669. The fraction of sp³-hybridized carbons (Fsp3) is 0. The van der Waals surface area contributed by atoms with E-state index in [2.05, 4.69) is 233 Å². The SMILES string of the molecule is c1ccc(-c2ccc(-n3c4ccccc4c4c(N(c5ccccc5)c5ccccc5)cc(N(c5ccccc5)c5cccc6oc7ccccc7c56)cc43)cc2)cc1. The molecule has 9 aromatic carbocycles. The molecule has 0 aliphatic heterocycles. The van der Waals surface area contributed by atoms with E-state index in [0.29, 0.717) is 0 Å². The smallest absolute Gasteiger partial charge is 0.137 e. The van der Waals surface area contributed by atoms with E-state index in [-0.39, 0.29) is 0 Å². The molecule has 4 nitrogen and oxygen atoms in total. The van der Waals surface area contributed by atoms with Gasteiger partial charge in [-0.15, -0.1) is 0 Å². The van der Waals surface area contributed by atoms with Crippen molar-refractivity contribution in [2.75, 3.05) is 9.80 Å². The first-order chi connectivity index (χ1) is 28.8. The highest BCUT2D eigenvalue weighted by Gasteiger charge is 2.26. The Morgan fingerprint density at radius 1 is 0.328 bits per heavy atom. The van der Waals surface area contributed by atoms with Crippen LogP contribution in [0, 0.1) is 0 Å². The summed E-state index contributed by atoms with van der Waals surface area (Å²) in [6.07, 6.45) is 0. The number of hydrogen-bond acceptors (Lipinski definition) is 3. The third-order valence-corrected chi connectivity index (χ3v) is 11.1. The molecule has 2 aromatic heterocycles. The van der Waals surface area contributed by atoms with Gasteiger partial charge < -0.3 is 18.8 Å². The summed E-state index contributed by atoms with van der Waals surface area (Å²) in [5, 5.41) is 4.50. The molecule has 0 spiro atoms. The molecule has 0 radical (unpaired) electrons. The summed E-state index contributed by atoms with van der Waals surface area (Å²) in [4.78, 5) is 4.79. The molecule has 0 aliphatic rings. The molecular formula is C54H37N3O. The molecule has 11 rings (SSSR count). The topological polar surface area (TPSA) is 24.6 Å². The maximum Gasteiger partial charge on any atom is 0.137 e. The number of rotatable bonds is 8. The van der Waals surface area contributed by atoms with E-state index in [4.69, 9.17) is 4.42 Å². The van der Waals surface area contributed by atoms with Crippen molar-refractivity contribution in [2.45, 2.75) is 0 Å². The highest BCUT2D eigenvalue weighted by atomic mass is 16.3. The molecule has 4 heteroatoms. The van der Waals surface area contributed by atoms with Gasteiger partial charge in [-0.25, -0.2) is 0 Å². The van der Waals surface area contributed by atoms with Gasteiger partial charge in [-0.2, -0.15) is 0 Å². The van der Waals surface area contributed by atoms with Crippen LogP contribution >= 0.6 is 0 Å². The summed E-state index contributed by atoms with van der Waals surface area (Å²) in [6.45, 7) is 0. The predicted molar refractivity (Wildman–Crippen MR) is 243 cm³/mol. The van der Waals surface area contributed by atoms with Crippen LogP contribution in [0.4, 0.5) is 34.1 Å². The van der Waals surface area contributed by atoms with Crippen molar-refractivity contribution in [1.29, 1.82) is 0 Å². The molecule has 0 saturated carbocycles. The van der Waals surface area contributed by atoms with Gasteiger partial charge in [0.25, 0.3) is 0 Å². The van der Waals surface area contributed by atoms with Gasteiger partial charge >= 0.3 is 0 Å². The lowest BCUT2D eigenvalue weighted by atomic mass is 10.0. The zero-order valence-corrected chi connectivity index (χ0v) is 31.6. The first kappa shape index (κ1) is 33.5. The van der Waals surface area contributed by atoms with Crippen LogP contribution in [0.1, 0.15) is 0 Å². The Morgan fingerprint density at radius 2 is 0.845 bits per heavy atom. The van der Waals surface area contributed by atoms with Crippen LogP contribution in [0.2, 0.25) is 0 Å². The Bertz CT molecular complexity index is 3170. The Morgan fingerprint density at radius 3 is 1.50 bits per heavy atom. The van der Waals surface area contributed by atoms with Crippen LogP contribution in [0.5, 0.6) is 0 Å². The third kappa shape index (κ3) is 5.62. The lowest BCUT2D eigenvalue weighted by Crippen LogP contribution is -2.14. The molecule has 0 N–H and O–H groups in total. The van der Waals surface area contributed by atoms with Crippen molar-refractivity contribution in [3.8, 4) is 16.8 Å². The largest absolute Gasteiger partial charge is 0.456 e. The van der Waals surface area contributed by atoms with E-state index in [1.807, 2.05) is 6.07 Å². The normalized spacial score (nSPS) is 11.4. The third-order valence-electron chi connectivity index (χ3n) is 11.1. The zero-order chi connectivity index (χ0) is 38.4. The van der Waals surface area contributed by atoms with Gasteiger partial charge in [0, 0.05) is 38.9 Å². The quantitative estimate of drug-likeness (QED) is 0.155. The van der Waals surface area contributed by atoms with E-state index in [1.54, 1.807) is 0 Å². The Balaban J connectivity index is 1.26. The van der Waals surface area contributed by atoms with Crippen LogP contribution in [0.25, 0.3) is 60.6 Å². The van der Waals surface area contributed by atoms with E-state index in [9.17, 15) is 0 Å². The van der Waals surface area contributed by atoms with Crippen LogP contribution < -0.4 is 9.80 Å². The highest BCUT2D eigenvalue weighted by Crippen LogP contribution is 2.49. The van der Waals surface area contributed by atoms with Gasteiger partial charge in [0.2, 0.25) is 0 Å². The van der Waals surface area contributed by atoms with Gasteiger partial charge in [-0.1, -0.05) is 140 Å². The number of para-hydroxylation sites is 5. The second-order valence-electron chi connectivity index (χ2n) is 14.6. The van der Waals surface area contributed by atoms with Gasteiger partial charge in [-0.3, -0.25) is 0 Å². The van der Waals surface area contributed by atoms with Crippen LogP contribution in [0.3, 0.4) is 0 Å². The van der Waals surface area contributed by atoms with Crippen LogP contribution in [0.15, 0.2) is 229 Å². The average molecular weight is 744 g/mol. The number of aromatic nitrogens is 1. The van der Waals surface area contributed by atoms with Crippen molar-refractivity contribution >= 4 is 77.9 Å². The van der Waals surface area contributed by atoms with Crippen molar-refractivity contribution in [1.82, 2.24) is 4.57 Å². The van der Waals surface area contributed by atoms with Crippen LogP contribution in [-0.4, -0.2) is 4.57 Å². The van der Waals surface area contributed by atoms with Gasteiger partial charge in [0.1, 0.15) is 11.2 Å². The predicted octanol–water partition coefficient (Wildman–Crippen LogP) is 15.3. The molecule has 274 valence electrons. The van der Waals surface area contributed by atoms with Crippen LogP contribution in [-0.2, 0) is 0 Å². The summed E-state index contributed by atoms with van der Waals surface area (Å²) >= 11 is 0. The van der Waals surface area contributed by atoms with Crippen molar-refractivity contribution < 1.29 is 4.42 Å². The van der Waals surface area contributed by atoms with Crippen molar-refractivity contribution in [3.63, 3.8) is 0 Å². The maximum atomic E-state index is 6.48. The lowest BCUT2D eigenvalue weighted by Gasteiger charge is -2.30. The van der Waals surface area contributed by atoms with Gasteiger partial charge in [0.05, 0.1) is 33.5 Å². The molecule has 0 fully saturated rings. The van der Waals surface area contributed by atoms with E-state index in [0.717, 1.165) is 72.8 Å². The molecule has 58 heavy (non-hydrogen) atoms. The Hall–Kier alpha value is -7.82. The first-order valence-corrected chi connectivity index (χ1v) is 19.7. The summed E-state index contributed by atoms with van der Waals surface area (Å²) in [6, 6.07) is 79.9. The van der Waals surface area contributed by atoms with Crippen molar-refractivity contribution in [3.05, 3.63) is 224 Å². The zero-order valence-electron chi connectivity index (χ0n) is 31.6. The summed E-state index contributed by atoms with van der Waals surface area (Å²) in [7, 11) is 0. The summed E-state index contributed by atoms with van der Waals surface area (Å²) in [5.41, 5.74) is 13.8. The Kier molecular flexibility index (Phi) is 8.11. The van der Waals surface area contributed by atoms with Crippen molar-refractivity contribution in [2.24, 2.45) is 0 Å².